The smallest absolute Gasteiger partial charge is 0.333 e. The molecule has 0 spiro atoms. The standard InChI is InChI=1S/C32H52N2O21/c35-11-14-21(41)24(44)26(46)30(51-14)50-13-16-23(43)29(54-32-27(47)25(45)22(42)15(12-36)52-32)28(48)31(53-16)49-10-9-33-17(37)5-3-1-2-4-6-20(40)55-34-18(38)7-8-19(34)39/h14-16,21-32,35-36,41-48H,1-13H2,(H,33,37)/t14-,15-,16-,21-,22-,23-,24+,25+,26+,27+,28+,29+,30?,31+,32-/m1/s1. The monoisotopic (exact) mass is 800 g/mol. The van der Waals surface area contributed by atoms with Crippen LogP contribution in [0.4, 0.5) is 0 Å². The summed E-state index contributed by atoms with van der Waals surface area (Å²) in [6, 6.07) is 0. The van der Waals surface area contributed by atoms with Crippen molar-refractivity contribution in [1.29, 1.82) is 0 Å². The van der Waals surface area contributed by atoms with Gasteiger partial charge in [-0.2, -0.15) is 0 Å². The first kappa shape index (κ1) is 45.1. The Labute approximate surface area is 314 Å². The van der Waals surface area contributed by atoms with Gasteiger partial charge in [0.05, 0.1) is 26.4 Å². The number of rotatable bonds is 19. The third-order valence-electron chi connectivity index (χ3n) is 9.49. The Morgan fingerprint density at radius 3 is 1.76 bits per heavy atom. The lowest BCUT2D eigenvalue weighted by Crippen LogP contribution is -2.65. The summed E-state index contributed by atoms with van der Waals surface area (Å²) in [6.07, 6.45) is -23.1. The number of carbonyl (C=O) groups is 4. The quantitative estimate of drug-likeness (QED) is 0.0427. The van der Waals surface area contributed by atoms with Crippen LogP contribution in [0.1, 0.15) is 51.4 Å². The van der Waals surface area contributed by atoms with Gasteiger partial charge >= 0.3 is 5.97 Å². The van der Waals surface area contributed by atoms with Gasteiger partial charge in [0.1, 0.15) is 73.2 Å². The molecule has 4 rings (SSSR count). The van der Waals surface area contributed by atoms with Gasteiger partial charge in [0.2, 0.25) is 5.91 Å². The van der Waals surface area contributed by atoms with E-state index in [1.54, 1.807) is 0 Å². The Morgan fingerprint density at radius 2 is 1.16 bits per heavy atom. The summed E-state index contributed by atoms with van der Waals surface area (Å²) in [5.74, 6) is -2.18. The molecular formula is C32H52N2O21. The van der Waals surface area contributed by atoms with E-state index in [0.717, 1.165) is 0 Å². The van der Waals surface area contributed by atoms with Crippen molar-refractivity contribution in [2.45, 2.75) is 143 Å². The van der Waals surface area contributed by atoms with Gasteiger partial charge in [-0.25, -0.2) is 4.79 Å². The topological polar surface area (TPSA) is 350 Å². The minimum Gasteiger partial charge on any atom is -0.394 e. The van der Waals surface area contributed by atoms with E-state index in [1.807, 2.05) is 0 Å². The van der Waals surface area contributed by atoms with Crippen molar-refractivity contribution in [2.75, 3.05) is 33.0 Å². The number of aliphatic hydroxyl groups excluding tert-OH is 10. The van der Waals surface area contributed by atoms with Crippen LogP contribution >= 0.6 is 0 Å². The van der Waals surface area contributed by atoms with Gasteiger partial charge < -0.3 is 89.6 Å². The van der Waals surface area contributed by atoms with Crippen molar-refractivity contribution in [3.05, 3.63) is 0 Å². The summed E-state index contributed by atoms with van der Waals surface area (Å²) in [5.41, 5.74) is 0. The molecule has 3 amide bonds. The number of imide groups is 1. The molecule has 0 saturated carbocycles. The highest BCUT2D eigenvalue weighted by Gasteiger charge is 2.52. The van der Waals surface area contributed by atoms with E-state index in [4.69, 9.17) is 33.3 Å². The largest absolute Gasteiger partial charge is 0.394 e. The molecule has 4 heterocycles. The van der Waals surface area contributed by atoms with E-state index in [2.05, 4.69) is 5.32 Å². The number of ether oxygens (including phenoxy) is 6. The maximum absolute atomic E-state index is 12.4. The van der Waals surface area contributed by atoms with Crippen LogP contribution in [-0.2, 0) is 52.4 Å². The van der Waals surface area contributed by atoms with Gasteiger partial charge in [-0.05, 0) is 12.8 Å². The van der Waals surface area contributed by atoms with Gasteiger partial charge in [0.25, 0.3) is 11.8 Å². The van der Waals surface area contributed by atoms with Crippen LogP contribution in [0.25, 0.3) is 0 Å². The third-order valence-corrected chi connectivity index (χ3v) is 9.49. The Hall–Kier alpha value is -2.56. The molecule has 4 aliphatic heterocycles. The van der Waals surface area contributed by atoms with E-state index in [1.165, 1.54) is 0 Å². The molecule has 0 aromatic rings. The summed E-state index contributed by atoms with van der Waals surface area (Å²) < 4.78 is 33.1. The first-order chi connectivity index (χ1) is 26.2. The lowest BCUT2D eigenvalue weighted by Gasteiger charge is -2.46. The van der Waals surface area contributed by atoms with Crippen molar-refractivity contribution in [1.82, 2.24) is 10.4 Å². The lowest BCUT2D eigenvalue weighted by molar-refractivity contribution is -0.366. The first-order valence-corrected chi connectivity index (χ1v) is 18.0. The van der Waals surface area contributed by atoms with E-state index < -0.39 is 130 Å². The predicted molar refractivity (Wildman–Crippen MR) is 173 cm³/mol. The fourth-order valence-corrected chi connectivity index (χ4v) is 6.24. The summed E-state index contributed by atoms with van der Waals surface area (Å²) in [7, 11) is 0. The number of hydrogen-bond donors (Lipinski definition) is 11. The highest BCUT2D eigenvalue weighted by atomic mass is 16.8. The summed E-state index contributed by atoms with van der Waals surface area (Å²) in [6.45, 7) is -2.49. The molecule has 55 heavy (non-hydrogen) atoms. The van der Waals surface area contributed by atoms with Crippen LogP contribution in [0.5, 0.6) is 0 Å². The molecule has 23 heteroatoms. The zero-order valence-corrected chi connectivity index (χ0v) is 29.8. The second kappa shape index (κ2) is 21.3. The highest BCUT2D eigenvalue weighted by molar-refractivity contribution is 6.01. The van der Waals surface area contributed by atoms with Crippen molar-refractivity contribution < 1.29 is 104 Å². The molecule has 1 unspecified atom stereocenters. The second-order valence-corrected chi connectivity index (χ2v) is 13.5. The van der Waals surface area contributed by atoms with E-state index in [-0.39, 0.29) is 44.7 Å². The molecule has 0 bridgehead atoms. The van der Waals surface area contributed by atoms with Crippen molar-refractivity contribution in [3.63, 3.8) is 0 Å². The molecule has 0 aromatic carbocycles. The lowest BCUT2D eigenvalue weighted by atomic mass is 9.96. The molecule has 4 saturated heterocycles. The molecule has 316 valence electrons. The average Bonchev–Trinajstić information content (AvgIpc) is 3.48. The molecular weight excluding hydrogens is 748 g/mol. The van der Waals surface area contributed by atoms with Crippen LogP contribution in [0.3, 0.4) is 0 Å². The fraction of sp³-hybridized carbons (Fsp3) is 0.875. The van der Waals surface area contributed by atoms with Crippen LogP contribution in [0, 0.1) is 0 Å². The number of carbonyl (C=O) groups excluding carboxylic acids is 4. The number of nitrogens with one attached hydrogen (secondary N) is 1. The van der Waals surface area contributed by atoms with E-state index in [9.17, 15) is 70.2 Å². The molecule has 23 nitrogen and oxygen atoms in total. The Kier molecular flexibility index (Phi) is 17.5. The fourth-order valence-electron chi connectivity index (χ4n) is 6.24. The molecule has 15 atom stereocenters. The molecule has 0 radical (unpaired) electrons. The zero-order chi connectivity index (χ0) is 40.4. The Balaban J connectivity index is 1.26. The van der Waals surface area contributed by atoms with Gasteiger partial charge in [-0.1, -0.05) is 12.8 Å². The van der Waals surface area contributed by atoms with Gasteiger partial charge in [-0.3, -0.25) is 14.4 Å². The minimum atomic E-state index is -1.91. The maximum Gasteiger partial charge on any atom is 0.333 e. The van der Waals surface area contributed by atoms with Crippen LogP contribution in [0.15, 0.2) is 0 Å². The number of unbranched alkanes of at least 4 members (excludes halogenated alkanes) is 3. The second-order valence-electron chi connectivity index (χ2n) is 13.5. The SMILES string of the molecule is O=C(CCCCCCC(=O)ON1C(=O)CCC1=O)NCCO[C@H]1O[C@H](COC2O[C@H](CO)[C@@H](O)[C@H](O)[C@@H]2O)[C@@H](O)[C@H](O[C@H]2O[C@H](CO)[C@@H](O)[C@H](O)[C@@H]2O)[C@@H]1O. The number of amides is 3. The first-order valence-electron chi connectivity index (χ1n) is 18.0. The average molecular weight is 801 g/mol. The van der Waals surface area contributed by atoms with Crippen molar-refractivity contribution in [2.24, 2.45) is 0 Å². The van der Waals surface area contributed by atoms with Crippen molar-refractivity contribution in [3.8, 4) is 0 Å². The van der Waals surface area contributed by atoms with E-state index in [0.29, 0.717) is 30.7 Å². The van der Waals surface area contributed by atoms with Gasteiger partial charge in [0.15, 0.2) is 18.9 Å². The molecule has 4 fully saturated rings. The number of aliphatic hydroxyl groups is 10. The minimum absolute atomic E-state index is 0.00224. The molecule has 0 aromatic heterocycles. The maximum atomic E-state index is 12.4. The highest BCUT2D eigenvalue weighted by Crippen LogP contribution is 2.31. The summed E-state index contributed by atoms with van der Waals surface area (Å²) in [5, 5.41) is 106. The Morgan fingerprint density at radius 1 is 0.636 bits per heavy atom. The van der Waals surface area contributed by atoms with Gasteiger partial charge in [-0.15, -0.1) is 5.06 Å². The number of hydroxylamine groups is 2. The normalized spacial score (nSPS) is 38.3. The number of hydrogen-bond acceptors (Lipinski definition) is 21. The Bertz CT molecular complexity index is 1240. The van der Waals surface area contributed by atoms with E-state index >= 15 is 0 Å². The molecule has 0 aliphatic carbocycles. The van der Waals surface area contributed by atoms with Crippen LogP contribution < -0.4 is 5.32 Å². The van der Waals surface area contributed by atoms with Crippen LogP contribution in [-0.4, -0.2) is 205 Å². The number of nitrogens with zero attached hydrogens (tertiary/aromatic N) is 1. The van der Waals surface area contributed by atoms with Crippen molar-refractivity contribution >= 4 is 23.7 Å². The van der Waals surface area contributed by atoms with Crippen LogP contribution in [0.2, 0.25) is 0 Å². The molecule has 11 N–H and O–H groups in total. The third kappa shape index (κ3) is 11.8. The zero-order valence-electron chi connectivity index (χ0n) is 29.8. The van der Waals surface area contributed by atoms with Gasteiger partial charge in [0, 0.05) is 32.2 Å². The molecule has 4 aliphatic rings. The summed E-state index contributed by atoms with van der Waals surface area (Å²) >= 11 is 0. The predicted octanol–water partition coefficient (Wildman–Crippen LogP) is -6.48. The summed E-state index contributed by atoms with van der Waals surface area (Å²) in [4.78, 5) is 52.1.